The molecule has 1 N–H and O–H groups in total. The number of halogens is 1. The third-order valence-corrected chi connectivity index (χ3v) is 4.26. The average molecular weight is 446 g/mol. The van der Waals surface area contributed by atoms with Crippen molar-refractivity contribution < 1.29 is 4.74 Å². The van der Waals surface area contributed by atoms with E-state index in [-0.39, 0.29) is 29.4 Å². The highest BCUT2D eigenvalue weighted by atomic mass is 127. The monoisotopic (exact) mass is 446 g/mol. The van der Waals surface area contributed by atoms with E-state index in [4.69, 9.17) is 9.73 Å². The van der Waals surface area contributed by atoms with Gasteiger partial charge in [0, 0.05) is 50.5 Å². The highest BCUT2D eigenvalue weighted by molar-refractivity contribution is 14.0. The first-order chi connectivity index (χ1) is 11.2. The van der Waals surface area contributed by atoms with Crippen LogP contribution < -0.4 is 10.2 Å². The van der Waals surface area contributed by atoms with Gasteiger partial charge < -0.3 is 19.9 Å². The van der Waals surface area contributed by atoms with Gasteiger partial charge in [-0.2, -0.15) is 0 Å². The molecule has 2 saturated heterocycles. The van der Waals surface area contributed by atoms with Crippen LogP contribution in [0.4, 0.5) is 5.95 Å². The molecule has 0 aliphatic carbocycles. The van der Waals surface area contributed by atoms with Gasteiger partial charge in [0.05, 0.1) is 19.8 Å². The fourth-order valence-electron chi connectivity index (χ4n) is 2.81. The fraction of sp³-hybridized carbons (Fsp3) is 0.688. The third-order valence-electron chi connectivity index (χ3n) is 4.26. The van der Waals surface area contributed by atoms with Gasteiger partial charge in [-0.15, -0.1) is 24.0 Å². The van der Waals surface area contributed by atoms with Gasteiger partial charge in [0.25, 0.3) is 0 Å². The van der Waals surface area contributed by atoms with Crippen molar-refractivity contribution in [2.75, 3.05) is 57.4 Å². The Kier molecular flexibility index (Phi) is 7.02. The van der Waals surface area contributed by atoms with Crippen LogP contribution in [-0.4, -0.2) is 73.3 Å². The van der Waals surface area contributed by atoms with Gasteiger partial charge in [-0.25, -0.2) is 9.97 Å². The van der Waals surface area contributed by atoms with E-state index < -0.39 is 0 Å². The van der Waals surface area contributed by atoms with E-state index in [2.05, 4.69) is 38.9 Å². The molecule has 2 aliphatic heterocycles. The summed E-state index contributed by atoms with van der Waals surface area (Å²) in [7, 11) is 0. The Hall–Kier alpha value is -1.16. The minimum atomic E-state index is 0. The Bertz CT molecular complexity index is 529. The van der Waals surface area contributed by atoms with Crippen LogP contribution in [0.15, 0.2) is 23.5 Å². The van der Waals surface area contributed by atoms with E-state index in [1.54, 1.807) is 12.4 Å². The summed E-state index contributed by atoms with van der Waals surface area (Å²) in [5, 5.41) is 3.41. The maximum atomic E-state index is 5.31. The molecule has 0 aromatic carbocycles. The van der Waals surface area contributed by atoms with Gasteiger partial charge in [-0.05, 0) is 13.0 Å². The van der Waals surface area contributed by atoms with E-state index in [1.165, 1.54) is 0 Å². The van der Waals surface area contributed by atoms with Crippen molar-refractivity contribution in [3.8, 4) is 0 Å². The van der Waals surface area contributed by atoms with Crippen LogP contribution in [0, 0.1) is 5.41 Å². The van der Waals surface area contributed by atoms with Crippen LogP contribution in [0.5, 0.6) is 0 Å². The van der Waals surface area contributed by atoms with Crippen molar-refractivity contribution in [3.63, 3.8) is 0 Å². The molecule has 134 valence electrons. The minimum Gasteiger partial charge on any atom is -0.380 e. The number of aromatic nitrogens is 2. The minimum absolute atomic E-state index is 0. The maximum Gasteiger partial charge on any atom is 0.225 e. The number of ether oxygens (including phenoxy) is 1. The standard InChI is InChI=1S/C16H26N6O.HI/c1-3-17-14(20-11-16(2)12-23-13-16)21-7-9-22(10-8-21)15-18-5-4-6-19-15;/h4-6H,3,7-13H2,1-2H3,(H,17,20);1H. The smallest absolute Gasteiger partial charge is 0.225 e. The Balaban J connectivity index is 0.00000208. The van der Waals surface area contributed by atoms with Gasteiger partial charge in [-0.3, -0.25) is 4.99 Å². The number of piperazine rings is 1. The number of guanidine groups is 1. The van der Waals surface area contributed by atoms with Crippen molar-refractivity contribution in [3.05, 3.63) is 18.5 Å². The number of hydrogen-bond acceptors (Lipinski definition) is 5. The van der Waals surface area contributed by atoms with Gasteiger partial charge in [-0.1, -0.05) is 6.92 Å². The van der Waals surface area contributed by atoms with E-state index in [9.17, 15) is 0 Å². The number of rotatable bonds is 4. The normalized spacial score (nSPS) is 20.2. The number of nitrogens with zero attached hydrogens (tertiary/aromatic N) is 5. The van der Waals surface area contributed by atoms with Gasteiger partial charge in [0.2, 0.25) is 5.95 Å². The first-order valence-electron chi connectivity index (χ1n) is 8.33. The third kappa shape index (κ3) is 4.69. The molecule has 3 rings (SSSR count). The second-order valence-electron chi connectivity index (χ2n) is 6.50. The topological polar surface area (TPSA) is 65.9 Å². The fourth-order valence-corrected chi connectivity index (χ4v) is 2.81. The first kappa shape index (κ1) is 19.2. The molecule has 0 unspecified atom stereocenters. The lowest BCUT2D eigenvalue weighted by Gasteiger charge is -2.39. The molecule has 0 atom stereocenters. The van der Waals surface area contributed by atoms with Crippen molar-refractivity contribution in [2.24, 2.45) is 10.4 Å². The SMILES string of the molecule is CCNC(=NCC1(C)COC1)N1CCN(c2ncccn2)CC1.I. The molecule has 0 amide bonds. The lowest BCUT2D eigenvalue weighted by Crippen LogP contribution is -2.53. The zero-order valence-electron chi connectivity index (χ0n) is 14.4. The summed E-state index contributed by atoms with van der Waals surface area (Å²) in [6.07, 6.45) is 3.59. The van der Waals surface area contributed by atoms with Crippen LogP contribution in [0.2, 0.25) is 0 Å². The second-order valence-corrected chi connectivity index (χ2v) is 6.50. The number of hydrogen-bond donors (Lipinski definition) is 1. The summed E-state index contributed by atoms with van der Waals surface area (Å²) in [5.41, 5.74) is 0.209. The van der Waals surface area contributed by atoms with Crippen LogP contribution in [0.25, 0.3) is 0 Å². The molecule has 8 heteroatoms. The van der Waals surface area contributed by atoms with Gasteiger partial charge in [0.1, 0.15) is 0 Å². The second kappa shape index (κ2) is 8.80. The van der Waals surface area contributed by atoms with Crippen LogP contribution in [-0.2, 0) is 4.74 Å². The number of nitrogens with one attached hydrogen (secondary N) is 1. The Labute approximate surface area is 160 Å². The summed E-state index contributed by atoms with van der Waals surface area (Å²) < 4.78 is 5.31. The largest absolute Gasteiger partial charge is 0.380 e. The summed E-state index contributed by atoms with van der Waals surface area (Å²) in [6.45, 7) is 11.3. The molecule has 24 heavy (non-hydrogen) atoms. The Morgan fingerprint density at radius 1 is 1.25 bits per heavy atom. The lowest BCUT2D eigenvalue weighted by molar-refractivity contribution is -0.0946. The van der Waals surface area contributed by atoms with Gasteiger partial charge >= 0.3 is 0 Å². The van der Waals surface area contributed by atoms with Crippen molar-refractivity contribution in [1.82, 2.24) is 20.2 Å². The average Bonchev–Trinajstić information content (AvgIpc) is 2.58. The number of anilines is 1. The molecule has 1 aromatic heterocycles. The summed E-state index contributed by atoms with van der Waals surface area (Å²) in [6, 6.07) is 1.85. The first-order valence-corrected chi connectivity index (χ1v) is 8.33. The molecular formula is C16H27IN6O. The molecule has 0 spiro atoms. The van der Waals surface area contributed by atoms with Gasteiger partial charge in [0.15, 0.2) is 5.96 Å². The van der Waals surface area contributed by atoms with Crippen LogP contribution in [0.1, 0.15) is 13.8 Å². The molecular weight excluding hydrogens is 419 g/mol. The van der Waals surface area contributed by atoms with Crippen LogP contribution in [0.3, 0.4) is 0 Å². The lowest BCUT2D eigenvalue weighted by atomic mass is 9.89. The Morgan fingerprint density at radius 3 is 2.46 bits per heavy atom. The molecule has 2 aliphatic rings. The maximum absolute atomic E-state index is 5.31. The van der Waals surface area contributed by atoms with Crippen molar-refractivity contribution in [2.45, 2.75) is 13.8 Å². The quantitative estimate of drug-likeness (QED) is 0.427. The molecule has 2 fully saturated rings. The predicted molar refractivity (Wildman–Crippen MR) is 106 cm³/mol. The molecule has 0 bridgehead atoms. The number of aliphatic imine (C=N–C) groups is 1. The van der Waals surface area contributed by atoms with Crippen LogP contribution >= 0.6 is 24.0 Å². The predicted octanol–water partition coefficient (Wildman–Crippen LogP) is 1.22. The molecule has 7 nitrogen and oxygen atoms in total. The molecule has 0 radical (unpaired) electrons. The molecule has 3 heterocycles. The van der Waals surface area contributed by atoms with E-state index in [0.717, 1.165) is 64.4 Å². The Morgan fingerprint density at radius 2 is 1.92 bits per heavy atom. The summed E-state index contributed by atoms with van der Waals surface area (Å²) >= 11 is 0. The highest BCUT2D eigenvalue weighted by Gasteiger charge is 2.33. The zero-order chi connectivity index (χ0) is 16.1. The van der Waals surface area contributed by atoms with Crippen molar-refractivity contribution >= 4 is 35.9 Å². The zero-order valence-corrected chi connectivity index (χ0v) is 16.8. The van der Waals surface area contributed by atoms with E-state index >= 15 is 0 Å². The van der Waals surface area contributed by atoms with Crippen molar-refractivity contribution in [1.29, 1.82) is 0 Å². The van der Waals surface area contributed by atoms with E-state index in [1.807, 2.05) is 6.07 Å². The molecule has 1 aromatic rings. The van der Waals surface area contributed by atoms with E-state index in [0.29, 0.717) is 0 Å². The summed E-state index contributed by atoms with van der Waals surface area (Å²) in [5.74, 6) is 1.82. The summed E-state index contributed by atoms with van der Waals surface area (Å²) in [4.78, 5) is 18.0. The molecule has 0 saturated carbocycles. The highest BCUT2D eigenvalue weighted by Crippen LogP contribution is 2.26.